The fourth-order valence-corrected chi connectivity index (χ4v) is 2.39. The van der Waals surface area contributed by atoms with E-state index in [0.29, 0.717) is 22.4 Å². The van der Waals surface area contributed by atoms with Crippen molar-refractivity contribution < 1.29 is 14.2 Å². The normalized spacial score (nSPS) is 10.2. The van der Waals surface area contributed by atoms with Gasteiger partial charge in [-0.3, -0.25) is 0 Å². The monoisotopic (exact) mass is 266 g/mol. The number of aromatic nitrogens is 1. The van der Waals surface area contributed by atoms with Crippen LogP contribution in [-0.2, 0) is 0 Å². The van der Waals surface area contributed by atoms with Gasteiger partial charge in [-0.2, -0.15) is 0 Å². The number of thiazole rings is 1. The third kappa shape index (κ3) is 2.19. The number of hydrogen-bond acceptors (Lipinski definition) is 6. The summed E-state index contributed by atoms with van der Waals surface area (Å²) in [6.07, 6.45) is 1.70. The molecule has 0 saturated heterocycles. The third-order valence-corrected chi connectivity index (χ3v) is 3.33. The van der Waals surface area contributed by atoms with Gasteiger partial charge in [-0.15, -0.1) is 0 Å². The van der Waals surface area contributed by atoms with E-state index in [4.69, 9.17) is 19.9 Å². The zero-order valence-corrected chi connectivity index (χ0v) is 11.2. The number of nitrogen functional groups attached to an aromatic ring is 1. The van der Waals surface area contributed by atoms with Crippen molar-refractivity contribution in [3.05, 3.63) is 18.3 Å². The quantitative estimate of drug-likeness (QED) is 0.920. The van der Waals surface area contributed by atoms with E-state index < -0.39 is 0 Å². The number of nitrogens with zero attached hydrogens (tertiary/aromatic N) is 1. The smallest absolute Gasteiger partial charge is 0.180 e. The van der Waals surface area contributed by atoms with Gasteiger partial charge in [-0.05, 0) is 0 Å². The number of ether oxygens (including phenoxy) is 3. The van der Waals surface area contributed by atoms with Gasteiger partial charge < -0.3 is 19.9 Å². The van der Waals surface area contributed by atoms with E-state index in [2.05, 4.69) is 4.98 Å². The third-order valence-electron chi connectivity index (χ3n) is 2.49. The van der Waals surface area contributed by atoms with Crippen molar-refractivity contribution in [3.8, 4) is 27.7 Å². The summed E-state index contributed by atoms with van der Waals surface area (Å²) < 4.78 is 15.9. The molecule has 1 heterocycles. The number of methoxy groups -OCH3 is 3. The molecule has 0 amide bonds. The van der Waals surface area contributed by atoms with Crippen LogP contribution in [0.15, 0.2) is 18.3 Å². The van der Waals surface area contributed by atoms with Gasteiger partial charge in [0.15, 0.2) is 5.13 Å². The molecule has 5 nitrogen and oxygen atoms in total. The predicted molar refractivity (Wildman–Crippen MR) is 71.6 cm³/mol. The molecule has 2 rings (SSSR count). The van der Waals surface area contributed by atoms with E-state index in [9.17, 15) is 0 Å². The highest BCUT2D eigenvalue weighted by Crippen LogP contribution is 2.44. The molecule has 1 aromatic heterocycles. The first-order valence-electron chi connectivity index (χ1n) is 5.21. The van der Waals surface area contributed by atoms with Gasteiger partial charge in [-0.1, -0.05) is 11.3 Å². The van der Waals surface area contributed by atoms with Gasteiger partial charge in [0.1, 0.15) is 17.2 Å². The summed E-state index contributed by atoms with van der Waals surface area (Å²) in [5.74, 6) is 2.00. The zero-order valence-electron chi connectivity index (χ0n) is 10.4. The second kappa shape index (κ2) is 5.14. The number of rotatable bonds is 4. The molecule has 0 fully saturated rings. The van der Waals surface area contributed by atoms with Crippen LogP contribution in [0.5, 0.6) is 17.2 Å². The largest absolute Gasteiger partial charge is 0.496 e. The Morgan fingerprint density at radius 1 is 1.06 bits per heavy atom. The molecular formula is C12H14N2O3S. The standard InChI is InChI=1S/C12H14N2O3S/c1-15-7-4-8(16-2)11(9(5-7)17-3)10-6-14-12(13)18-10/h4-6H,1-3H3,(H2,13,14). The Hall–Kier alpha value is -1.95. The van der Waals surface area contributed by atoms with Crippen LogP contribution in [0.1, 0.15) is 0 Å². The van der Waals surface area contributed by atoms with Crippen LogP contribution in [0.4, 0.5) is 5.13 Å². The molecule has 0 radical (unpaired) electrons. The molecule has 2 aromatic rings. The van der Waals surface area contributed by atoms with Gasteiger partial charge >= 0.3 is 0 Å². The number of hydrogen-bond donors (Lipinski definition) is 1. The van der Waals surface area contributed by atoms with E-state index >= 15 is 0 Å². The molecule has 0 spiro atoms. The van der Waals surface area contributed by atoms with Gasteiger partial charge in [0.25, 0.3) is 0 Å². The second-order valence-corrected chi connectivity index (χ2v) is 4.53. The van der Waals surface area contributed by atoms with Crippen LogP contribution in [-0.4, -0.2) is 26.3 Å². The number of nitrogens with two attached hydrogens (primary N) is 1. The van der Waals surface area contributed by atoms with Crippen molar-refractivity contribution in [2.24, 2.45) is 0 Å². The summed E-state index contributed by atoms with van der Waals surface area (Å²) in [5, 5.41) is 0.505. The van der Waals surface area contributed by atoms with E-state index in [1.807, 2.05) is 0 Å². The lowest BCUT2D eigenvalue weighted by Crippen LogP contribution is -1.94. The Kier molecular flexibility index (Phi) is 3.57. The molecule has 0 unspecified atom stereocenters. The Morgan fingerprint density at radius 2 is 1.67 bits per heavy atom. The fraction of sp³-hybridized carbons (Fsp3) is 0.250. The number of benzene rings is 1. The minimum absolute atomic E-state index is 0.505. The summed E-state index contributed by atoms with van der Waals surface area (Å²) in [6.45, 7) is 0. The highest BCUT2D eigenvalue weighted by atomic mass is 32.1. The zero-order chi connectivity index (χ0) is 13.1. The maximum atomic E-state index is 5.66. The van der Waals surface area contributed by atoms with Gasteiger partial charge in [0.05, 0.1) is 31.8 Å². The Morgan fingerprint density at radius 3 is 2.06 bits per heavy atom. The lowest BCUT2D eigenvalue weighted by molar-refractivity contribution is 0.377. The van der Waals surface area contributed by atoms with Gasteiger partial charge in [0.2, 0.25) is 0 Å². The lowest BCUT2D eigenvalue weighted by atomic mass is 10.1. The Balaban J connectivity index is 2.63. The Bertz CT molecular complexity index is 529. The Labute approximate surface area is 109 Å². The van der Waals surface area contributed by atoms with Gasteiger partial charge in [0, 0.05) is 18.3 Å². The molecule has 0 saturated carbocycles. The first-order valence-corrected chi connectivity index (χ1v) is 6.03. The van der Waals surface area contributed by atoms with Crippen molar-refractivity contribution in [1.29, 1.82) is 0 Å². The SMILES string of the molecule is COc1cc(OC)c(-c2cnc(N)s2)c(OC)c1. The van der Waals surface area contributed by atoms with Crippen molar-refractivity contribution in [2.45, 2.75) is 0 Å². The first-order chi connectivity index (χ1) is 8.69. The van der Waals surface area contributed by atoms with Crippen molar-refractivity contribution >= 4 is 16.5 Å². The molecule has 18 heavy (non-hydrogen) atoms. The van der Waals surface area contributed by atoms with Crippen molar-refractivity contribution in [3.63, 3.8) is 0 Å². The van der Waals surface area contributed by atoms with Crippen LogP contribution in [0.2, 0.25) is 0 Å². The van der Waals surface area contributed by atoms with Crippen molar-refractivity contribution in [2.75, 3.05) is 27.1 Å². The molecular weight excluding hydrogens is 252 g/mol. The molecule has 0 aliphatic rings. The van der Waals surface area contributed by atoms with E-state index in [-0.39, 0.29) is 0 Å². The second-order valence-electron chi connectivity index (χ2n) is 3.47. The molecule has 0 atom stereocenters. The minimum atomic E-state index is 0.505. The average molecular weight is 266 g/mol. The fourth-order valence-electron chi connectivity index (χ4n) is 1.65. The maximum Gasteiger partial charge on any atom is 0.180 e. The van der Waals surface area contributed by atoms with Crippen LogP contribution < -0.4 is 19.9 Å². The van der Waals surface area contributed by atoms with Gasteiger partial charge in [-0.25, -0.2) is 4.98 Å². The summed E-state index contributed by atoms with van der Waals surface area (Å²) in [6, 6.07) is 3.60. The topological polar surface area (TPSA) is 66.6 Å². The van der Waals surface area contributed by atoms with Crippen molar-refractivity contribution in [1.82, 2.24) is 4.98 Å². The molecule has 0 bridgehead atoms. The van der Waals surface area contributed by atoms with Crippen LogP contribution in [0.3, 0.4) is 0 Å². The van der Waals surface area contributed by atoms with Crippen LogP contribution in [0, 0.1) is 0 Å². The molecule has 6 heteroatoms. The molecule has 0 aliphatic carbocycles. The molecule has 0 aliphatic heterocycles. The summed E-state index contributed by atoms with van der Waals surface area (Å²) in [4.78, 5) is 4.93. The summed E-state index contributed by atoms with van der Waals surface area (Å²) >= 11 is 1.38. The molecule has 1 aromatic carbocycles. The average Bonchev–Trinajstić information content (AvgIpc) is 2.83. The van der Waals surface area contributed by atoms with E-state index in [1.165, 1.54) is 11.3 Å². The van der Waals surface area contributed by atoms with E-state index in [0.717, 1.165) is 10.4 Å². The lowest BCUT2D eigenvalue weighted by Gasteiger charge is -2.13. The van der Waals surface area contributed by atoms with Crippen LogP contribution >= 0.6 is 11.3 Å². The highest BCUT2D eigenvalue weighted by molar-refractivity contribution is 7.18. The first kappa shape index (κ1) is 12.5. The predicted octanol–water partition coefficient (Wildman–Crippen LogP) is 2.42. The van der Waals surface area contributed by atoms with Crippen LogP contribution in [0.25, 0.3) is 10.4 Å². The number of anilines is 1. The highest BCUT2D eigenvalue weighted by Gasteiger charge is 2.17. The molecule has 2 N–H and O–H groups in total. The van der Waals surface area contributed by atoms with E-state index in [1.54, 1.807) is 39.7 Å². The summed E-state index contributed by atoms with van der Waals surface area (Å²) in [7, 11) is 4.79. The molecule has 96 valence electrons. The maximum absolute atomic E-state index is 5.66. The summed E-state index contributed by atoms with van der Waals surface area (Å²) in [5.41, 5.74) is 6.48. The minimum Gasteiger partial charge on any atom is -0.496 e.